The molecule has 0 aliphatic carbocycles. The van der Waals surface area contributed by atoms with E-state index in [1.807, 2.05) is 0 Å². The van der Waals surface area contributed by atoms with Crippen molar-refractivity contribution < 1.29 is 20.1 Å². The first kappa shape index (κ1) is 14.0. The van der Waals surface area contributed by atoms with Gasteiger partial charge in [0.05, 0.1) is 12.4 Å². The lowest BCUT2D eigenvalue weighted by Crippen LogP contribution is -1.92. The molecule has 1 aromatic rings. The number of hydrogen-bond donors (Lipinski definition) is 3. The van der Waals surface area contributed by atoms with Crippen molar-refractivity contribution in [3.63, 3.8) is 0 Å². The molecular formula is C14H16O4. The molecule has 0 unspecified atom stereocenters. The number of rotatable bonds is 6. The number of aliphatic hydroxyl groups is 2. The van der Waals surface area contributed by atoms with Gasteiger partial charge in [0.2, 0.25) is 0 Å². The molecule has 0 radical (unpaired) electrons. The molecular weight excluding hydrogens is 232 g/mol. The van der Waals surface area contributed by atoms with Crippen LogP contribution in [0.5, 0.6) is 5.75 Å². The van der Waals surface area contributed by atoms with Crippen LogP contribution in [0.4, 0.5) is 0 Å². The minimum Gasteiger partial charge on any atom is -0.513 e. The first-order chi connectivity index (χ1) is 8.61. The van der Waals surface area contributed by atoms with Gasteiger partial charge in [-0.05, 0) is 29.8 Å². The van der Waals surface area contributed by atoms with Gasteiger partial charge in [0.1, 0.15) is 5.75 Å². The average molecular weight is 248 g/mol. The number of ketones is 1. The molecule has 0 aliphatic heterocycles. The van der Waals surface area contributed by atoms with Gasteiger partial charge in [-0.1, -0.05) is 18.2 Å². The van der Waals surface area contributed by atoms with Gasteiger partial charge in [-0.25, -0.2) is 0 Å². The Morgan fingerprint density at radius 2 is 1.89 bits per heavy atom. The number of carbonyl (C=O) groups excluding carboxylic acids is 1. The zero-order valence-corrected chi connectivity index (χ0v) is 9.91. The summed E-state index contributed by atoms with van der Waals surface area (Å²) in [7, 11) is 0. The molecule has 0 heterocycles. The van der Waals surface area contributed by atoms with Crippen LogP contribution in [0.25, 0.3) is 6.08 Å². The van der Waals surface area contributed by atoms with Gasteiger partial charge < -0.3 is 15.3 Å². The average Bonchev–Trinajstić information content (AvgIpc) is 2.36. The van der Waals surface area contributed by atoms with E-state index in [1.165, 1.54) is 24.3 Å². The quantitative estimate of drug-likeness (QED) is 0.532. The van der Waals surface area contributed by atoms with Gasteiger partial charge in [-0.15, -0.1) is 0 Å². The highest BCUT2D eigenvalue weighted by Crippen LogP contribution is 2.11. The number of aliphatic hydroxyl groups excluding tert-OH is 2. The van der Waals surface area contributed by atoms with E-state index in [0.29, 0.717) is 0 Å². The minimum atomic E-state index is -0.146. The third kappa shape index (κ3) is 5.32. The molecule has 96 valence electrons. The van der Waals surface area contributed by atoms with E-state index in [1.54, 1.807) is 18.2 Å². The van der Waals surface area contributed by atoms with Crippen molar-refractivity contribution >= 4 is 11.9 Å². The molecule has 0 spiro atoms. The van der Waals surface area contributed by atoms with Gasteiger partial charge in [-0.2, -0.15) is 0 Å². The van der Waals surface area contributed by atoms with E-state index in [4.69, 9.17) is 10.2 Å². The normalized spacial score (nSPS) is 11.9. The number of phenolic OH excluding ortho intramolecular Hbond substituents is 1. The van der Waals surface area contributed by atoms with Gasteiger partial charge in [0, 0.05) is 12.8 Å². The van der Waals surface area contributed by atoms with Gasteiger partial charge in [0.15, 0.2) is 5.78 Å². The van der Waals surface area contributed by atoms with Crippen LogP contribution >= 0.6 is 0 Å². The smallest absolute Gasteiger partial charge is 0.159 e. The fraction of sp³-hybridized carbons (Fsp3) is 0.214. The van der Waals surface area contributed by atoms with Crippen molar-refractivity contribution in [3.8, 4) is 5.75 Å². The molecule has 0 aromatic heterocycles. The van der Waals surface area contributed by atoms with E-state index in [2.05, 4.69) is 0 Å². The summed E-state index contributed by atoms with van der Waals surface area (Å²) in [5.41, 5.74) is 0.810. The molecule has 0 saturated carbocycles. The first-order valence-electron chi connectivity index (χ1n) is 5.60. The summed E-state index contributed by atoms with van der Waals surface area (Å²) in [6.07, 6.45) is 4.70. The Bertz CT molecular complexity index is 443. The summed E-state index contributed by atoms with van der Waals surface area (Å²) in [5, 5.41) is 26.8. The van der Waals surface area contributed by atoms with Crippen LogP contribution in [0.2, 0.25) is 0 Å². The SMILES string of the molecule is O=C(/C=C/c1ccc(O)cc1)C/C=C(/O)CCO. The van der Waals surface area contributed by atoms with Gasteiger partial charge in [-0.3, -0.25) is 4.79 Å². The lowest BCUT2D eigenvalue weighted by molar-refractivity contribution is -0.113. The second-order valence-corrected chi connectivity index (χ2v) is 3.76. The Morgan fingerprint density at radius 1 is 1.22 bits per heavy atom. The van der Waals surface area contributed by atoms with Crippen LogP contribution in [-0.4, -0.2) is 27.7 Å². The number of aromatic hydroxyl groups is 1. The second kappa shape index (κ2) is 7.29. The van der Waals surface area contributed by atoms with E-state index in [0.717, 1.165) is 5.56 Å². The predicted molar refractivity (Wildman–Crippen MR) is 69.2 cm³/mol. The molecule has 0 atom stereocenters. The largest absolute Gasteiger partial charge is 0.513 e. The van der Waals surface area contributed by atoms with Crippen molar-refractivity contribution in [3.05, 3.63) is 47.7 Å². The summed E-state index contributed by atoms with van der Waals surface area (Å²) in [6, 6.07) is 6.46. The van der Waals surface area contributed by atoms with Gasteiger partial charge >= 0.3 is 0 Å². The van der Waals surface area contributed by atoms with Gasteiger partial charge in [0.25, 0.3) is 0 Å². The number of carbonyl (C=O) groups is 1. The number of phenols is 1. The number of benzene rings is 1. The topological polar surface area (TPSA) is 77.8 Å². The van der Waals surface area contributed by atoms with Crippen LogP contribution in [0.15, 0.2) is 42.2 Å². The van der Waals surface area contributed by atoms with E-state index >= 15 is 0 Å². The zero-order chi connectivity index (χ0) is 13.4. The molecule has 0 aliphatic rings. The molecule has 18 heavy (non-hydrogen) atoms. The van der Waals surface area contributed by atoms with Crippen LogP contribution in [0.3, 0.4) is 0 Å². The molecule has 3 N–H and O–H groups in total. The van der Waals surface area contributed by atoms with Crippen LogP contribution < -0.4 is 0 Å². The summed E-state index contributed by atoms with van der Waals surface area (Å²) in [4.78, 5) is 11.4. The molecule has 4 heteroatoms. The Morgan fingerprint density at radius 3 is 2.50 bits per heavy atom. The Hall–Kier alpha value is -2.07. The number of hydrogen-bond acceptors (Lipinski definition) is 4. The molecule has 4 nitrogen and oxygen atoms in total. The van der Waals surface area contributed by atoms with Crippen molar-refractivity contribution in [1.29, 1.82) is 0 Å². The lowest BCUT2D eigenvalue weighted by atomic mass is 10.1. The van der Waals surface area contributed by atoms with Crippen molar-refractivity contribution in [2.75, 3.05) is 6.61 Å². The maximum atomic E-state index is 11.4. The van der Waals surface area contributed by atoms with Crippen molar-refractivity contribution in [2.24, 2.45) is 0 Å². The monoisotopic (exact) mass is 248 g/mol. The van der Waals surface area contributed by atoms with Crippen LogP contribution in [-0.2, 0) is 4.79 Å². The maximum absolute atomic E-state index is 11.4. The fourth-order valence-corrected chi connectivity index (χ4v) is 1.28. The maximum Gasteiger partial charge on any atom is 0.159 e. The highest BCUT2D eigenvalue weighted by molar-refractivity contribution is 5.94. The third-order valence-corrected chi connectivity index (χ3v) is 2.26. The Kier molecular flexibility index (Phi) is 5.67. The fourth-order valence-electron chi connectivity index (χ4n) is 1.28. The van der Waals surface area contributed by atoms with Crippen molar-refractivity contribution in [2.45, 2.75) is 12.8 Å². The first-order valence-corrected chi connectivity index (χ1v) is 5.60. The van der Waals surface area contributed by atoms with E-state index in [-0.39, 0.29) is 36.7 Å². The van der Waals surface area contributed by atoms with Crippen LogP contribution in [0, 0.1) is 0 Å². The van der Waals surface area contributed by atoms with Crippen LogP contribution in [0.1, 0.15) is 18.4 Å². The molecule has 1 rings (SSSR count). The minimum absolute atomic E-state index is 0.0175. The Balaban J connectivity index is 2.49. The van der Waals surface area contributed by atoms with Crippen molar-refractivity contribution in [1.82, 2.24) is 0 Å². The molecule has 0 saturated heterocycles. The van der Waals surface area contributed by atoms with E-state index < -0.39 is 0 Å². The predicted octanol–water partition coefficient (Wildman–Crippen LogP) is 2.19. The highest BCUT2D eigenvalue weighted by atomic mass is 16.3. The number of allylic oxidation sites excluding steroid dienone is 2. The molecule has 0 bridgehead atoms. The molecule has 0 fully saturated rings. The Labute approximate surface area is 106 Å². The molecule has 0 amide bonds. The summed E-state index contributed by atoms with van der Waals surface area (Å²) in [5.74, 6) is 0.0479. The summed E-state index contributed by atoms with van der Waals surface area (Å²) in [6.45, 7) is -0.139. The standard InChI is InChI=1S/C14H16O4/c15-10-9-14(18)8-7-13(17)6-3-11-1-4-12(16)5-2-11/h1-6,8,15-16,18H,7,9-10H2/b6-3+,14-8+. The zero-order valence-electron chi connectivity index (χ0n) is 9.91. The van der Waals surface area contributed by atoms with E-state index in [9.17, 15) is 9.90 Å². The molecule has 1 aromatic carbocycles. The third-order valence-electron chi connectivity index (χ3n) is 2.26. The lowest BCUT2D eigenvalue weighted by Gasteiger charge is -1.95. The highest BCUT2D eigenvalue weighted by Gasteiger charge is 1.97. The second-order valence-electron chi connectivity index (χ2n) is 3.76. The summed E-state index contributed by atoms with van der Waals surface area (Å²) >= 11 is 0. The summed E-state index contributed by atoms with van der Waals surface area (Å²) < 4.78 is 0.